The van der Waals surface area contributed by atoms with Gasteiger partial charge in [0.05, 0.1) is 22.1 Å². The first kappa shape index (κ1) is 20.9. The Labute approximate surface area is 177 Å². The highest BCUT2D eigenvalue weighted by molar-refractivity contribution is 6.34. The van der Waals surface area contributed by atoms with Crippen molar-refractivity contribution in [3.63, 3.8) is 0 Å². The fourth-order valence-electron chi connectivity index (χ4n) is 3.05. The fraction of sp³-hybridized carbons (Fsp3) is 0.263. The summed E-state index contributed by atoms with van der Waals surface area (Å²) in [5.41, 5.74) is 0.709. The van der Waals surface area contributed by atoms with Gasteiger partial charge in [0.2, 0.25) is 5.91 Å². The number of nitro benzene ring substituents is 1. The molecule has 10 heteroatoms. The van der Waals surface area contributed by atoms with Crippen LogP contribution in [0.1, 0.15) is 10.4 Å². The van der Waals surface area contributed by atoms with Crippen LogP contribution in [-0.2, 0) is 4.79 Å². The van der Waals surface area contributed by atoms with E-state index in [9.17, 15) is 19.7 Å². The van der Waals surface area contributed by atoms with Gasteiger partial charge in [-0.3, -0.25) is 19.7 Å². The van der Waals surface area contributed by atoms with Gasteiger partial charge in [-0.15, -0.1) is 0 Å². The van der Waals surface area contributed by atoms with Crippen molar-refractivity contribution in [3.05, 3.63) is 68.2 Å². The van der Waals surface area contributed by atoms with Crippen LogP contribution in [0.15, 0.2) is 42.5 Å². The van der Waals surface area contributed by atoms with Gasteiger partial charge < -0.3 is 15.1 Å². The lowest BCUT2D eigenvalue weighted by Crippen LogP contribution is -2.51. The smallest absolute Gasteiger partial charge is 0.270 e. The second-order valence-corrected chi connectivity index (χ2v) is 7.30. The normalized spacial score (nSPS) is 13.9. The molecule has 1 aliphatic rings. The van der Waals surface area contributed by atoms with Crippen LogP contribution in [0.25, 0.3) is 0 Å². The third-order valence-electron chi connectivity index (χ3n) is 4.61. The molecule has 0 unspecified atom stereocenters. The molecule has 0 saturated carbocycles. The number of nitrogens with one attached hydrogen (secondary N) is 1. The molecule has 0 bridgehead atoms. The quantitative estimate of drug-likeness (QED) is 0.573. The highest BCUT2D eigenvalue weighted by Crippen LogP contribution is 2.22. The summed E-state index contributed by atoms with van der Waals surface area (Å²) in [6.45, 7) is 2.11. The summed E-state index contributed by atoms with van der Waals surface area (Å²) in [5, 5.41) is 14.1. The molecule has 1 aliphatic heterocycles. The van der Waals surface area contributed by atoms with Crippen molar-refractivity contribution in [3.8, 4) is 0 Å². The number of anilines is 1. The Bertz CT molecular complexity index is 946. The van der Waals surface area contributed by atoms with E-state index in [1.807, 2.05) is 18.2 Å². The summed E-state index contributed by atoms with van der Waals surface area (Å²) in [6, 6.07) is 11.1. The van der Waals surface area contributed by atoms with Gasteiger partial charge in [-0.2, -0.15) is 0 Å². The number of benzene rings is 2. The molecule has 2 amide bonds. The second kappa shape index (κ2) is 9.11. The van der Waals surface area contributed by atoms with Crippen LogP contribution in [0.3, 0.4) is 0 Å². The highest BCUT2D eigenvalue weighted by atomic mass is 35.5. The largest absolute Gasteiger partial charge is 0.368 e. The number of carbonyl (C=O) groups excluding carboxylic acids is 2. The highest BCUT2D eigenvalue weighted by Gasteiger charge is 2.22. The number of carbonyl (C=O) groups is 2. The fourth-order valence-corrected chi connectivity index (χ4v) is 3.44. The van der Waals surface area contributed by atoms with Gasteiger partial charge in [-0.05, 0) is 24.3 Å². The van der Waals surface area contributed by atoms with E-state index in [0.717, 1.165) is 11.8 Å². The topological polar surface area (TPSA) is 95.8 Å². The Morgan fingerprint density at radius 3 is 2.45 bits per heavy atom. The lowest BCUT2D eigenvalue weighted by molar-refractivity contribution is -0.384. The van der Waals surface area contributed by atoms with E-state index in [2.05, 4.69) is 10.2 Å². The maximum absolute atomic E-state index is 12.4. The number of piperazine rings is 1. The first-order valence-electron chi connectivity index (χ1n) is 8.85. The van der Waals surface area contributed by atoms with Gasteiger partial charge in [0, 0.05) is 49.0 Å². The molecule has 1 saturated heterocycles. The summed E-state index contributed by atoms with van der Waals surface area (Å²) in [4.78, 5) is 38.8. The van der Waals surface area contributed by atoms with Crippen LogP contribution < -0.4 is 10.2 Å². The predicted octanol–water partition coefficient (Wildman–Crippen LogP) is 2.98. The molecule has 1 fully saturated rings. The minimum atomic E-state index is -0.635. The number of amides is 2. The lowest BCUT2D eigenvalue weighted by atomic mass is 10.2. The van der Waals surface area contributed by atoms with E-state index < -0.39 is 10.8 Å². The SMILES string of the molecule is O=C(NCC(=O)N1CCN(c2cccc(Cl)c2)CC1)c1cc([N+](=O)[O-])ccc1Cl. The number of hydrogen-bond donors (Lipinski definition) is 1. The van der Waals surface area contributed by atoms with Gasteiger partial charge in [0.15, 0.2) is 0 Å². The van der Waals surface area contributed by atoms with Crippen LogP contribution in [0, 0.1) is 10.1 Å². The summed E-state index contributed by atoms with van der Waals surface area (Å²) in [5.74, 6) is -0.865. The molecule has 0 aromatic heterocycles. The predicted molar refractivity (Wildman–Crippen MR) is 111 cm³/mol. The molecule has 0 atom stereocenters. The van der Waals surface area contributed by atoms with Crippen LogP contribution in [-0.4, -0.2) is 54.4 Å². The zero-order valence-corrected chi connectivity index (χ0v) is 16.8. The molecular weight excluding hydrogens is 419 g/mol. The zero-order chi connectivity index (χ0) is 21.0. The summed E-state index contributed by atoms with van der Waals surface area (Å²) >= 11 is 12.0. The Morgan fingerprint density at radius 1 is 1.07 bits per heavy atom. The number of rotatable bonds is 5. The summed E-state index contributed by atoms with van der Waals surface area (Å²) in [6.07, 6.45) is 0. The van der Waals surface area contributed by atoms with Crippen molar-refractivity contribution in [2.24, 2.45) is 0 Å². The number of hydrogen-bond acceptors (Lipinski definition) is 5. The maximum Gasteiger partial charge on any atom is 0.270 e. The molecule has 0 aliphatic carbocycles. The molecule has 1 N–H and O–H groups in total. The summed E-state index contributed by atoms with van der Waals surface area (Å²) < 4.78 is 0. The third kappa shape index (κ3) is 5.16. The first-order chi connectivity index (χ1) is 13.8. The Hall–Kier alpha value is -2.84. The number of halogens is 2. The number of non-ortho nitro benzene ring substituents is 1. The van der Waals surface area contributed by atoms with Gasteiger partial charge in [-0.1, -0.05) is 29.3 Å². The Balaban J connectivity index is 1.53. The molecule has 29 heavy (non-hydrogen) atoms. The Kier molecular flexibility index (Phi) is 6.56. The van der Waals surface area contributed by atoms with E-state index in [0.29, 0.717) is 31.2 Å². The molecule has 1 heterocycles. The number of nitrogens with zero attached hydrogens (tertiary/aromatic N) is 3. The van der Waals surface area contributed by atoms with Gasteiger partial charge in [0.25, 0.3) is 11.6 Å². The molecule has 0 spiro atoms. The van der Waals surface area contributed by atoms with Gasteiger partial charge >= 0.3 is 0 Å². The third-order valence-corrected chi connectivity index (χ3v) is 5.18. The molecule has 0 radical (unpaired) electrons. The molecule has 3 rings (SSSR count). The van der Waals surface area contributed by atoms with Crippen molar-refractivity contribution in [1.82, 2.24) is 10.2 Å². The lowest BCUT2D eigenvalue weighted by Gasteiger charge is -2.36. The van der Waals surface area contributed by atoms with E-state index in [1.165, 1.54) is 12.1 Å². The van der Waals surface area contributed by atoms with Crippen LogP contribution in [0.4, 0.5) is 11.4 Å². The standard InChI is InChI=1S/C19H18Cl2N4O4/c20-13-2-1-3-14(10-13)23-6-8-24(9-7-23)18(26)12-22-19(27)16-11-15(25(28)29)4-5-17(16)21/h1-5,10-11H,6-9,12H2,(H,22,27). The van der Waals surface area contributed by atoms with Crippen LogP contribution in [0.5, 0.6) is 0 Å². The zero-order valence-electron chi connectivity index (χ0n) is 15.3. The molecule has 2 aromatic carbocycles. The van der Waals surface area contributed by atoms with Gasteiger partial charge in [0.1, 0.15) is 0 Å². The number of nitro groups is 1. The average Bonchev–Trinajstić information content (AvgIpc) is 2.72. The first-order valence-corrected chi connectivity index (χ1v) is 9.61. The molecule has 2 aromatic rings. The summed E-state index contributed by atoms with van der Waals surface area (Å²) in [7, 11) is 0. The maximum atomic E-state index is 12.4. The molecule has 8 nitrogen and oxygen atoms in total. The second-order valence-electron chi connectivity index (χ2n) is 6.45. The van der Waals surface area contributed by atoms with Crippen LogP contribution >= 0.6 is 23.2 Å². The van der Waals surface area contributed by atoms with Crippen molar-refractivity contribution < 1.29 is 14.5 Å². The van der Waals surface area contributed by atoms with Crippen molar-refractivity contribution in [2.45, 2.75) is 0 Å². The minimum Gasteiger partial charge on any atom is -0.368 e. The molecule has 152 valence electrons. The Morgan fingerprint density at radius 2 is 1.79 bits per heavy atom. The van der Waals surface area contributed by atoms with E-state index in [4.69, 9.17) is 23.2 Å². The average molecular weight is 437 g/mol. The van der Waals surface area contributed by atoms with E-state index in [1.54, 1.807) is 11.0 Å². The van der Waals surface area contributed by atoms with Crippen molar-refractivity contribution in [2.75, 3.05) is 37.6 Å². The monoisotopic (exact) mass is 436 g/mol. The van der Waals surface area contributed by atoms with Gasteiger partial charge in [-0.25, -0.2) is 0 Å². The van der Waals surface area contributed by atoms with Crippen LogP contribution in [0.2, 0.25) is 10.0 Å². The minimum absolute atomic E-state index is 0.0422. The van der Waals surface area contributed by atoms with Crippen molar-refractivity contribution in [1.29, 1.82) is 0 Å². The van der Waals surface area contributed by atoms with E-state index in [-0.39, 0.29) is 28.7 Å². The van der Waals surface area contributed by atoms with Crippen molar-refractivity contribution >= 4 is 46.4 Å². The van der Waals surface area contributed by atoms with E-state index >= 15 is 0 Å². The molecular formula is C19H18Cl2N4O4.